The van der Waals surface area contributed by atoms with Gasteiger partial charge in [0.15, 0.2) is 0 Å². The van der Waals surface area contributed by atoms with Crippen LogP contribution in [0.5, 0.6) is 0 Å². The highest BCUT2D eigenvalue weighted by Crippen LogP contribution is 1.99. The van der Waals surface area contributed by atoms with Gasteiger partial charge < -0.3 is 4.90 Å². The number of carbonyl (C=O) groups is 1. The van der Waals surface area contributed by atoms with E-state index in [-0.39, 0.29) is 11.8 Å². The van der Waals surface area contributed by atoms with Crippen LogP contribution in [-0.2, 0) is 4.79 Å². The van der Waals surface area contributed by atoms with Gasteiger partial charge in [0.05, 0.1) is 4.99 Å². The fourth-order valence-electron chi connectivity index (χ4n) is 0.542. The minimum absolute atomic E-state index is 0.0305. The van der Waals surface area contributed by atoms with Crippen molar-refractivity contribution in [3.63, 3.8) is 0 Å². The van der Waals surface area contributed by atoms with Crippen molar-refractivity contribution in [1.29, 1.82) is 0 Å². The second kappa shape index (κ2) is 3.66. The van der Waals surface area contributed by atoms with Crippen molar-refractivity contribution in [1.82, 2.24) is 4.90 Å². The van der Waals surface area contributed by atoms with Crippen LogP contribution < -0.4 is 0 Å². The van der Waals surface area contributed by atoms with Crippen LogP contribution in [0.4, 0.5) is 0 Å². The lowest BCUT2D eigenvalue weighted by molar-refractivity contribution is -0.129. The van der Waals surface area contributed by atoms with E-state index in [1.807, 2.05) is 13.8 Å². The Morgan fingerprint density at radius 1 is 1.50 bits per heavy atom. The van der Waals surface area contributed by atoms with Crippen LogP contribution >= 0.6 is 12.2 Å². The Bertz CT molecular complexity index is 154. The van der Waals surface area contributed by atoms with Crippen LogP contribution in [0, 0.1) is 5.92 Å². The van der Waals surface area contributed by atoms with Crippen LogP contribution in [0.2, 0.25) is 0 Å². The van der Waals surface area contributed by atoms with Gasteiger partial charge in [-0.25, -0.2) is 0 Å². The summed E-state index contributed by atoms with van der Waals surface area (Å²) in [4.78, 5) is 13.2. The van der Waals surface area contributed by atoms with Gasteiger partial charge in [0.25, 0.3) is 0 Å². The van der Waals surface area contributed by atoms with E-state index in [9.17, 15) is 4.79 Å². The zero-order chi connectivity index (χ0) is 8.31. The molecule has 0 aliphatic rings. The van der Waals surface area contributed by atoms with Gasteiger partial charge >= 0.3 is 0 Å². The van der Waals surface area contributed by atoms with E-state index in [0.717, 1.165) is 0 Å². The van der Waals surface area contributed by atoms with E-state index < -0.39 is 0 Å². The summed E-state index contributed by atoms with van der Waals surface area (Å²) in [5.41, 5.74) is 0. The van der Waals surface area contributed by atoms with Crippen molar-refractivity contribution in [2.75, 3.05) is 7.05 Å². The Balaban J connectivity index is 4.08. The summed E-state index contributed by atoms with van der Waals surface area (Å²) in [5.74, 6) is 0.107. The summed E-state index contributed by atoms with van der Waals surface area (Å²) < 4.78 is 0. The minimum atomic E-state index is 0.0305. The third-order valence-electron chi connectivity index (χ3n) is 1.30. The van der Waals surface area contributed by atoms with E-state index in [0.29, 0.717) is 4.99 Å². The average Bonchev–Trinajstić information content (AvgIpc) is 1.84. The molecule has 0 rings (SSSR count). The van der Waals surface area contributed by atoms with E-state index >= 15 is 0 Å². The molecule has 0 aromatic carbocycles. The lowest BCUT2D eigenvalue weighted by Crippen LogP contribution is -2.33. The van der Waals surface area contributed by atoms with Gasteiger partial charge in [0.1, 0.15) is 0 Å². The third-order valence-corrected chi connectivity index (χ3v) is 1.57. The van der Waals surface area contributed by atoms with Gasteiger partial charge in [-0.2, -0.15) is 0 Å². The Morgan fingerprint density at radius 3 is 2.00 bits per heavy atom. The molecule has 0 spiro atoms. The summed E-state index contributed by atoms with van der Waals surface area (Å²) in [6, 6.07) is 0. The number of carbonyl (C=O) groups excluding carboxylic acids is 1. The number of hydrogen-bond acceptors (Lipinski definition) is 2. The summed E-state index contributed by atoms with van der Waals surface area (Å²) in [7, 11) is 1.70. The SMILES string of the molecule is CC(=S)N(C)C(=O)C(C)C. The van der Waals surface area contributed by atoms with Crippen LogP contribution in [0.3, 0.4) is 0 Å². The quantitative estimate of drug-likeness (QED) is 0.540. The van der Waals surface area contributed by atoms with Crippen molar-refractivity contribution in [3.8, 4) is 0 Å². The van der Waals surface area contributed by atoms with Gasteiger partial charge in [-0.05, 0) is 6.92 Å². The molecule has 0 saturated heterocycles. The highest BCUT2D eigenvalue weighted by molar-refractivity contribution is 7.80. The molecule has 0 saturated carbocycles. The van der Waals surface area contributed by atoms with E-state index in [1.165, 1.54) is 4.90 Å². The second-order valence-electron chi connectivity index (χ2n) is 2.57. The van der Waals surface area contributed by atoms with Crippen molar-refractivity contribution >= 4 is 23.1 Å². The molecule has 0 aliphatic carbocycles. The van der Waals surface area contributed by atoms with Crippen LogP contribution in [0.1, 0.15) is 20.8 Å². The molecule has 0 unspecified atom stereocenters. The van der Waals surface area contributed by atoms with Crippen LogP contribution in [0.25, 0.3) is 0 Å². The maximum Gasteiger partial charge on any atom is 0.229 e. The molecule has 58 valence electrons. The molecule has 0 atom stereocenters. The molecule has 2 nitrogen and oxygen atoms in total. The standard InChI is InChI=1S/C7H13NOS/c1-5(2)7(9)8(4)6(3)10/h5H,1-4H3. The summed E-state index contributed by atoms with van der Waals surface area (Å²) in [6.45, 7) is 5.46. The van der Waals surface area contributed by atoms with Gasteiger partial charge in [-0.3, -0.25) is 4.79 Å². The Hall–Kier alpha value is -0.440. The number of thiocarbonyl (C=S) groups is 1. The van der Waals surface area contributed by atoms with Gasteiger partial charge in [0, 0.05) is 13.0 Å². The number of hydrogen-bond donors (Lipinski definition) is 0. The summed E-state index contributed by atoms with van der Waals surface area (Å²) >= 11 is 4.82. The molecule has 0 aromatic heterocycles. The zero-order valence-electron chi connectivity index (χ0n) is 6.84. The van der Waals surface area contributed by atoms with Gasteiger partial charge in [0.2, 0.25) is 5.91 Å². The largest absolute Gasteiger partial charge is 0.310 e. The number of amides is 1. The number of rotatable bonds is 1. The Kier molecular flexibility index (Phi) is 3.50. The molecule has 0 bridgehead atoms. The highest BCUT2D eigenvalue weighted by Gasteiger charge is 2.13. The van der Waals surface area contributed by atoms with Crippen molar-refractivity contribution in [2.24, 2.45) is 5.92 Å². The Morgan fingerprint density at radius 2 is 1.90 bits per heavy atom. The lowest BCUT2D eigenvalue weighted by Gasteiger charge is -2.16. The monoisotopic (exact) mass is 159 g/mol. The third kappa shape index (κ3) is 2.43. The molecule has 0 aromatic rings. The first kappa shape index (κ1) is 9.56. The van der Waals surface area contributed by atoms with Gasteiger partial charge in [-0.15, -0.1) is 0 Å². The predicted molar refractivity (Wildman–Crippen MR) is 45.9 cm³/mol. The molecule has 3 heteroatoms. The molecule has 1 amide bonds. The molecular weight excluding hydrogens is 146 g/mol. The van der Waals surface area contributed by atoms with Crippen molar-refractivity contribution in [2.45, 2.75) is 20.8 Å². The molecule has 0 radical (unpaired) electrons. The van der Waals surface area contributed by atoms with Crippen molar-refractivity contribution < 1.29 is 4.79 Å². The predicted octanol–water partition coefficient (Wildman–Crippen LogP) is 1.45. The summed E-state index contributed by atoms with van der Waals surface area (Å²) in [6.07, 6.45) is 0. The van der Waals surface area contributed by atoms with Crippen molar-refractivity contribution in [3.05, 3.63) is 0 Å². The second-order valence-corrected chi connectivity index (χ2v) is 3.16. The van der Waals surface area contributed by atoms with Crippen LogP contribution in [-0.4, -0.2) is 22.8 Å². The Labute approximate surface area is 67.2 Å². The van der Waals surface area contributed by atoms with E-state index in [2.05, 4.69) is 0 Å². The maximum atomic E-state index is 11.1. The molecule has 0 heterocycles. The molecule has 10 heavy (non-hydrogen) atoms. The maximum absolute atomic E-state index is 11.1. The van der Waals surface area contributed by atoms with Gasteiger partial charge in [-0.1, -0.05) is 26.1 Å². The smallest absolute Gasteiger partial charge is 0.229 e. The highest BCUT2D eigenvalue weighted by atomic mass is 32.1. The van der Waals surface area contributed by atoms with Crippen LogP contribution in [0.15, 0.2) is 0 Å². The molecule has 0 aliphatic heterocycles. The zero-order valence-corrected chi connectivity index (χ0v) is 7.66. The molecule has 0 fully saturated rings. The molecule has 0 N–H and O–H groups in total. The van der Waals surface area contributed by atoms with E-state index in [4.69, 9.17) is 12.2 Å². The topological polar surface area (TPSA) is 20.3 Å². The lowest BCUT2D eigenvalue weighted by atomic mass is 10.2. The normalized spacial score (nSPS) is 9.70. The van der Waals surface area contributed by atoms with E-state index in [1.54, 1.807) is 14.0 Å². The molecular formula is C7H13NOS. The first-order valence-electron chi connectivity index (χ1n) is 3.25. The fourth-order valence-corrected chi connectivity index (χ4v) is 0.632. The first-order valence-corrected chi connectivity index (χ1v) is 3.65. The fraction of sp³-hybridized carbons (Fsp3) is 0.714. The minimum Gasteiger partial charge on any atom is -0.310 e. The average molecular weight is 159 g/mol. The first-order chi connectivity index (χ1) is 4.46. The number of nitrogens with zero attached hydrogens (tertiary/aromatic N) is 1. The summed E-state index contributed by atoms with van der Waals surface area (Å²) in [5, 5.41) is 0.